The van der Waals surface area contributed by atoms with Crippen LogP contribution in [0.5, 0.6) is 34.5 Å². The molecular weight excluding hydrogens is 603 g/mol. The fourth-order valence-electron chi connectivity index (χ4n) is 7.73. The van der Waals surface area contributed by atoms with E-state index in [1.807, 2.05) is 61.5 Å². The summed E-state index contributed by atoms with van der Waals surface area (Å²) in [7, 11) is 9.82. The molecular formula is C37H53O8P. The number of aliphatic hydroxyl groups is 1. The van der Waals surface area contributed by atoms with Crippen molar-refractivity contribution in [2.24, 2.45) is 11.3 Å². The minimum absolute atomic E-state index is 0.121. The fourth-order valence-corrected chi connectivity index (χ4v) is 15.2. The van der Waals surface area contributed by atoms with Gasteiger partial charge in [-0.1, -0.05) is 0 Å². The maximum atomic E-state index is 13.1. The van der Waals surface area contributed by atoms with Gasteiger partial charge in [-0.2, -0.15) is 0 Å². The van der Waals surface area contributed by atoms with E-state index in [0.29, 0.717) is 69.2 Å². The van der Waals surface area contributed by atoms with E-state index in [1.165, 1.54) is 0 Å². The van der Waals surface area contributed by atoms with Crippen molar-refractivity contribution in [2.45, 2.75) is 59.0 Å². The molecule has 254 valence electrons. The molecule has 1 aliphatic rings. The summed E-state index contributed by atoms with van der Waals surface area (Å²) in [5, 5.41) is 15.0. The van der Waals surface area contributed by atoms with Crippen LogP contribution in [0.25, 0.3) is 0 Å². The summed E-state index contributed by atoms with van der Waals surface area (Å²) in [6.45, 7) is 4.42. The molecule has 0 aliphatic heterocycles. The predicted octanol–water partition coefficient (Wildman–Crippen LogP) is 6.49. The van der Waals surface area contributed by atoms with E-state index in [9.17, 15) is 5.11 Å². The van der Waals surface area contributed by atoms with Crippen molar-refractivity contribution in [1.82, 2.24) is 0 Å². The Morgan fingerprint density at radius 3 is 1.17 bits per heavy atom. The van der Waals surface area contributed by atoms with Crippen molar-refractivity contribution in [2.75, 3.05) is 55.4 Å². The fraction of sp³-hybridized carbons (Fsp3) is 0.514. The van der Waals surface area contributed by atoms with Gasteiger partial charge in [0.2, 0.25) is 0 Å². The van der Waals surface area contributed by atoms with Crippen LogP contribution in [-0.2, 0) is 4.52 Å². The SMILES string of the molecule is CCOP(CC1(O)CCC(C(C)(C)C)CC1)(c1c(OC)cccc1OC)(c1c(OC)cccc1OC)c1c(OC)cccc1OC. The zero-order valence-electron chi connectivity index (χ0n) is 29.3. The molecule has 0 spiro atoms. The number of ether oxygens (including phenoxy) is 6. The van der Waals surface area contributed by atoms with E-state index in [4.69, 9.17) is 32.9 Å². The van der Waals surface area contributed by atoms with Crippen LogP contribution in [0.4, 0.5) is 0 Å². The van der Waals surface area contributed by atoms with Gasteiger partial charge in [-0.3, -0.25) is 0 Å². The first kappa shape index (κ1) is 35.7. The first-order valence-corrected chi connectivity index (χ1v) is 18.3. The third kappa shape index (κ3) is 5.89. The number of hydrogen-bond donors (Lipinski definition) is 1. The molecule has 0 amide bonds. The van der Waals surface area contributed by atoms with Crippen LogP contribution < -0.4 is 44.3 Å². The zero-order valence-corrected chi connectivity index (χ0v) is 30.2. The Hall–Kier alpha value is -3.19. The van der Waals surface area contributed by atoms with Crippen LogP contribution in [-0.4, -0.2) is 66.1 Å². The van der Waals surface area contributed by atoms with Gasteiger partial charge < -0.3 is 0 Å². The molecule has 8 nitrogen and oxygen atoms in total. The first-order chi connectivity index (χ1) is 21.9. The molecule has 46 heavy (non-hydrogen) atoms. The Morgan fingerprint density at radius 2 is 0.935 bits per heavy atom. The van der Waals surface area contributed by atoms with Gasteiger partial charge in [0.15, 0.2) is 0 Å². The van der Waals surface area contributed by atoms with Crippen LogP contribution in [0.2, 0.25) is 0 Å². The van der Waals surface area contributed by atoms with Crippen LogP contribution >= 0.6 is 6.83 Å². The van der Waals surface area contributed by atoms with Gasteiger partial charge in [-0.15, -0.1) is 0 Å². The topological polar surface area (TPSA) is 84.8 Å². The average molecular weight is 657 g/mol. The summed E-state index contributed by atoms with van der Waals surface area (Å²) in [4.78, 5) is 0. The first-order valence-electron chi connectivity index (χ1n) is 16.0. The van der Waals surface area contributed by atoms with Crippen molar-refractivity contribution in [3.05, 3.63) is 54.6 Å². The van der Waals surface area contributed by atoms with Crippen molar-refractivity contribution in [3.8, 4) is 34.5 Å². The van der Waals surface area contributed by atoms with Crippen molar-refractivity contribution in [1.29, 1.82) is 0 Å². The molecule has 0 atom stereocenters. The molecule has 3 aromatic rings. The van der Waals surface area contributed by atoms with Crippen molar-refractivity contribution < 1.29 is 38.1 Å². The van der Waals surface area contributed by atoms with E-state index in [0.717, 1.165) is 12.8 Å². The Balaban J connectivity index is 2.37. The predicted molar refractivity (Wildman–Crippen MR) is 187 cm³/mol. The monoisotopic (exact) mass is 656 g/mol. The van der Waals surface area contributed by atoms with Crippen molar-refractivity contribution >= 4 is 22.7 Å². The number of hydrogen-bond acceptors (Lipinski definition) is 8. The van der Waals surface area contributed by atoms with Crippen molar-refractivity contribution in [3.63, 3.8) is 0 Å². The molecule has 0 aromatic heterocycles. The number of benzene rings is 3. The van der Waals surface area contributed by atoms with Gasteiger partial charge in [0.25, 0.3) is 0 Å². The van der Waals surface area contributed by atoms with Gasteiger partial charge in [-0.05, 0) is 0 Å². The third-order valence-electron chi connectivity index (χ3n) is 9.78. The van der Waals surface area contributed by atoms with Gasteiger partial charge in [-0.25, -0.2) is 0 Å². The molecule has 0 bridgehead atoms. The molecule has 1 aliphatic carbocycles. The quantitative estimate of drug-likeness (QED) is 0.209. The van der Waals surface area contributed by atoms with Gasteiger partial charge in [0.05, 0.1) is 0 Å². The van der Waals surface area contributed by atoms with E-state index in [2.05, 4.69) is 20.8 Å². The van der Waals surface area contributed by atoms with Crippen LogP contribution in [0.15, 0.2) is 54.6 Å². The Kier molecular flexibility index (Phi) is 10.8. The molecule has 9 heteroatoms. The Labute approximate surface area is 275 Å². The van der Waals surface area contributed by atoms with E-state index in [1.54, 1.807) is 42.7 Å². The normalized spacial score (nSPS) is 19.5. The van der Waals surface area contributed by atoms with Crippen LogP contribution in [0.1, 0.15) is 53.4 Å². The summed E-state index contributed by atoms with van der Waals surface area (Å²) in [6.07, 6.45) is 3.06. The second kappa shape index (κ2) is 13.9. The van der Waals surface area contributed by atoms with E-state index in [-0.39, 0.29) is 18.2 Å². The Bertz CT molecular complexity index is 1280. The Morgan fingerprint density at radius 1 is 0.630 bits per heavy atom. The summed E-state index contributed by atoms with van der Waals surface area (Å²) >= 11 is 0. The molecule has 4 rings (SSSR count). The molecule has 0 unspecified atom stereocenters. The molecule has 0 saturated heterocycles. The second-order valence-corrected chi connectivity index (χ2v) is 17.5. The van der Waals surface area contributed by atoms with Gasteiger partial charge in [0, 0.05) is 0 Å². The summed E-state index contributed by atoms with van der Waals surface area (Å²) in [5.74, 6) is 3.71. The van der Waals surface area contributed by atoms with Crippen LogP contribution in [0.3, 0.4) is 0 Å². The molecule has 1 fully saturated rings. The molecule has 1 N–H and O–H groups in total. The number of rotatable bonds is 13. The van der Waals surface area contributed by atoms with E-state index >= 15 is 0 Å². The summed E-state index contributed by atoms with van der Waals surface area (Å²) in [5.41, 5.74) is -1.05. The number of methoxy groups -OCH3 is 6. The summed E-state index contributed by atoms with van der Waals surface area (Å²) < 4.78 is 44.9. The molecule has 3 aromatic carbocycles. The van der Waals surface area contributed by atoms with Crippen LogP contribution in [0, 0.1) is 11.3 Å². The second-order valence-electron chi connectivity index (χ2n) is 13.2. The average Bonchev–Trinajstić information content (AvgIpc) is 3.06. The van der Waals surface area contributed by atoms with Gasteiger partial charge in [0.1, 0.15) is 0 Å². The minimum atomic E-state index is -4.65. The third-order valence-corrected chi connectivity index (χ3v) is 16.0. The molecule has 0 heterocycles. The van der Waals surface area contributed by atoms with Gasteiger partial charge >= 0.3 is 276 Å². The summed E-state index contributed by atoms with van der Waals surface area (Å²) in [6, 6.07) is 17.1. The zero-order chi connectivity index (χ0) is 33.8. The maximum absolute atomic E-state index is 13.1. The molecule has 0 radical (unpaired) electrons. The van der Waals surface area contributed by atoms with E-state index < -0.39 is 12.4 Å². The standard InChI is InChI=1S/C37H53O8P/c1-11-45-46(33-27(39-5)15-12-16-28(33)40-6,34-29(41-7)17-13-18-30(34)42-8,35-31(43-9)19-14-20-32(35)44-10)25-37(38)23-21-26(22-24-37)36(2,3)4/h12-20,26,38H,11,21-25H2,1-10H3. The molecule has 1 saturated carbocycles.